The summed E-state index contributed by atoms with van der Waals surface area (Å²) < 4.78 is 5.84. The van der Waals surface area contributed by atoms with E-state index in [1.807, 2.05) is 18.2 Å². The third-order valence-electron chi connectivity index (χ3n) is 4.77. The van der Waals surface area contributed by atoms with Gasteiger partial charge in [-0.3, -0.25) is 9.69 Å². The van der Waals surface area contributed by atoms with Crippen LogP contribution in [0.1, 0.15) is 53.0 Å². The van der Waals surface area contributed by atoms with Gasteiger partial charge >= 0.3 is 0 Å². The van der Waals surface area contributed by atoms with Gasteiger partial charge < -0.3 is 10.1 Å². The minimum Gasteiger partial charge on any atom is -0.481 e. The van der Waals surface area contributed by atoms with E-state index in [-0.39, 0.29) is 11.3 Å². The summed E-state index contributed by atoms with van der Waals surface area (Å²) in [4.78, 5) is 14.6. The number of benzene rings is 1. The number of ether oxygens (including phenoxy) is 1. The summed E-state index contributed by atoms with van der Waals surface area (Å²) in [6, 6.07) is 9.04. The number of nitrogens with one attached hydrogen (secondary N) is 1. The minimum absolute atomic E-state index is 0.0628. The van der Waals surface area contributed by atoms with E-state index in [1.165, 1.54) is 18.4 Å². The van der Waals surface area contributed by atoms with Gasteiger partial charge in [0.1, 0.15) is 5.75 Å². The third-order valence-corrected chi connectivity index (χ3v) is 4.77. The molecule has 1 aromatic carbocycles. The number of likely N-dealkylation sites (N-methyl/N-ethyl adjacent to an activating group) is 1. The van der Waals surface area contributed by atoms with Crippen molar-refractivity contribution in [3.63, 3.8) is 0 Å². The number of carbonyl (C=O) groups is 1. The van der Waals surface area contributed by atoms with Crippen LogP contribution in [0.25, 0.3) is 0 Å². The van der Waals surface area contributed by atoms with Gasteiger partial charge in [0.15, 0.2) is 6.10 Å². The van der Waals surface area contributed by atoms with Crippen LogP contribution in [0.3, 0.4) is 0 Å². The average molecular weight is 332 g/mol. The van der Waals surface area contributed by atoms with Crippen molar-refractivity contribution in [1.82, 2.24) is 10.2 Å². The standard InChI is InChI=1S/C20H32N2O2/c1-14(22(6)17-10-11-17)13-21-19(23)15(2)24-18-9-7-8-16(12-18)20(3,4)5/h7-9,12,14-15,17H,10-11,13H2,1-6H3,(H,21,23). The lowest BCUT2D eigenvalue weighted by Gasteiger charge is -2.25. The van der Waals surface area contributed by atoms with Crippen molar-refractivity contribution >= 4 is 5.91 Å². The Morgan fingerprint density at radius 1 is 1.33 bits per heavy atom. The summed E-state index contributed by atoms with van der Waals surface area (Å²) >= 11 is 0. The van der Waals surface area contributed by atoms with E-state index in [9.17, 15) is 4.79 Å². The molecule has 1 N–H and O–H groups in total. The zero-order valence-electron chi connectivity index (χ0n) is 15.9. The summed E-state index contributed by atoms with van der Waals surface area (Å²) in [6.45, 7) is 11.1. The van der Waals surface area contributed by atoms with Crippen molar-refractivity contribution in [2.75, 3.05) is 13.6 Å². The van der Waals surface area contributed by atoms with Crippen LogP contribution in [-0.4, -0.2) is 42.6 Å². The molecule has 0 saturated heterocycles. The first kappa shape index (κ1) is 18.8. The zero-order chi connectivity index (χ0) is 17.9. The molecular weight excluding hydrogens is 300 g/mol. The summed E-state index contributed by atoms with van der Waals surface area (Å²) in [5, 5.41) is 3.01. The lowest BCUT2D eigenvalue weighted by atomic mass is 9.87. The Balaban J connectivity index is 1.85. The van der Waals surface area contributed by atoms with E-state index in [4.69, 9.17) is 4.74 Å². The van der Waals surface area contributed by atoms with Crippen LogP contribution >= 0.6 is 0 Å². The molecule has 0 aliphatic heterocycles. The van der Waals surface area contributed by atoms with Gasteiger partial charge in [0.05, 0.1) is 0 Å². The van der Waals surface area contributed by atoms with Crippen LogP contribution in [0.5, 0.6) is 5.75 Å². The highest BCUT2D eigenvalue weighted by Crippen LogP contribution is 2.27. The molecule has 4 heteroatoms. The molecule has 0 bridgehead atoms. The predicted molar refractivity (Wildman–Crippen MR) is 98.5 cm³/mol. The van der Waals surface area contributed by atoms with Crippen LogP contribution in [0.2, 0.25) is 0 Å². The van der Waals surface area contributed by atoms with E-state index in [2.05, 4.69) is 51.0 Å². The fourth-order valence-electron chi connectivity index (χ4n) is 2.67. The van der Waals surface area contributed by atoms with Gasteiger partial charge in [-0.25, -0.2) is 0 Å². The molecule has 4 nitrogen and oxygen atoms in total. The monoisotopic (exact) mass is 332 g/mol. The molecule has 2 unspecified atom stereocenters. The molecule has 0 aromatic heterocycles. The molecule has 0 heterocycles. The number of rotatable bonds is 7. The van der Waals surface area contributed by atoms with Crippen LogP contribution < -0.4 is 10.1 Å². The zero-order valence-corrected chi connectivity index (χ0v) is 15.9. The van der Waals surface area contributed by atoms with Gasteiger partial charge in [-0.05, 0) is 56.8 Å². The fourth-order valence-corrected chi connectivity index (χ4v) is 2.67. The molecule has 134 valence electrons. The lowest BCUT2D eigenvalue weighted by Crippen LogP contribution is -2.44. The highest BCUT2D eigenvalue weighted by Gasteiger charge is 2.29. The Labute approximate surface area is 146 Å². The van der Waals surface area contributed by atoms with Gasteiger partial charge in [-0.1, -0.05) is 32.9 Å². The number of nitrogens with zero attached hydrogens (tertiary/aromatic N) is 1. The van der Waals surface area contributed by atoms with Gasteiger partial charge in [0.25, 0.3) is 5.91 Å². The average Bonchev–Trinajstić information content (AvgIpc) is 3.35. The largest absolute Gasteiger partial charge is 0.481 e. The van der Waals surface area contributed by atoms with E-state index in [1.54, 1.807) is 6.92 Å². The number of carbonyl (C=O) groups excluding carboxylic acids is 1. The van der Waals surface area contributed by atoms with Crippen LogP contribution in [0.15, 0.2) is 24.3 Å². The molecule has 0 radical (unpaired) electrons. The molecule has 2 atom stereocenters. The SMILES string of the molecule is CC(Oc1cccc(C(C)(C)C)c1)C(=O)NCC(C)N(C)C1CC1. The van der Waals surface area contributed by atoms with Gasteiger partial charge in [-0.15, -0.1) is 0 Å². The normalized spacial score (nSPS) is 17.5. The topological polar surface area (TPSA) is 41.6 Å². The van der Waals surface area contributed by atoms with Crippen LogP contribution in [0.4, 0.5) is 0 Å². The van der Waals surface area contributed by atoms with Crippen molar-refractivity contribution < 1.29 is 9.53 Å². The fraction of sp³-hybridized carbons (Fsp3) is 0.650. The summed E-state index contributed by atoms with van der Waals surface area (Å²) in [6.07, 6.45) is 2.05. The van der Waals surface area contributed by atoms with Crippen LogP contribution in [-0.2, 0) is 10.2 Å². The second kappa shape index (κ2) is 7.56. The molecule has 0 spiro atoms. The lowest BCUT2D eigenvalue weighted by molar-refractivity contribution is -0.127. The quantitative estimate of drug-likeness (QED) is 0.832. The second-order valence-electron chi connectivity index (χ2n) is 8.03. The maximum atomic E-state index is 12.3. The number of hydrogen-bond donors (Lipinski definition) is 1. The molecule has 1 fully saturated rings. The molecule has 1 aliphatic carbocycles. The minimum atomic E-state index is -0.501. The maximum absolute atomic E-state index is 12.3. The Bertz CT molecular complexity index is 561. The van der Waals surface area contributed by atoms with Crippen LogP contribution in [0, 0.1) is 0 Å². The third kappa shape index (κ3) is 5.23. The Morgan fingerprint density at radius 2 is 2.00 bits per heavy atom. The van der Waals surface area contributed by atoms with Crippen molar-refractivity contribution in [1.29, 1.82) is 0 Å². The van der Waals surface area contributed by atoms with Gasteiger partial charge in [-0.2, -0.15) is 0 Å². The first-order valence-corrected chi connectivity index (χ1v) is 8.95. The summed E-state index contributed by atoms with van der Waals surface area (Å²) in [5.41, 5.74) is 1.26. The van der Waals surface area contributed by atoms with Crippen molar-refractivity contribution in [3.05, 3.63) is 29.8 Å². The predicted octanol–water partition coefficient (Wildman–Crippen LogP) is 3.35. The molecule has 2 rings (SSSR count). The number of amides is 1. The summed E-state index contributed by atoms with van der Waals surface area (Å²) in [5.74, 6) is 0.681. The van der Waals surface area contributed by atoms with Gasteiger partial charge in [0.2, 0.25) is 0 Å². The smallest absolute Gasteiger partial charge is 0.260 e. The molecule has 1 aromatic rings. The highest BCUT2D eigenvalue weighted by atomic mass is 16.5. The Hall–Kier alpha value is -1.55. The molecular formula is C20H32N2O2. The molecule has 1 amide bonds. The first-order chi connectivity index (χ1) is 11.2. The van der Waals surface area contributed by atoms with E-state index in [0.717, 1.165) is 5.75 Å². The highest BCUT2D eigenvalue weighted by molar-refractivity contribution is 5.80. The Morgan fingerprint density at radius 3 is 2.58 bits per heavy atom. The molecule has 24 heavy (non-hydrogen) atoms. The van der Waals surface area contributed by atoms with Gasteiger partial charge in [0, 0.05) is 18.6 Å². The second-order valence-corrected chi connectivity index (χ2v) is 8.03. The molecule has 1 saturated carbocycles. The summed E-state index contributed by atoms with van der Waals surface area (Å²) in [7, 11) is 2.13. The van der Waals surface area contributed by atoms with E-state index >= 15 is 0 Å². The van der Waals surface area contributed by atoms with Crippen molar-refractivity contribution in [3.8, 4) is 5.75 Å². The number of hydrogen-bond acceptors (Lipinski definition) is 3. The molecule has 1 aliphatic rings. The van der Waals surface area contributed by atoms with E-state index in [0.29, 0.717) is 18.6 Å². The Kier molecular flexibility index (Phi) is 5.92. The first-order valence-electron chi connectivity index (χ1n) is 8.95. The van der Waals surface area contributed by atoms with E-state index < -0.39 is 6.10 Å². The van der Waals surface area contributed by atoms with Crippen molar-refractivity contribution in [2.45, 2.75) is 71.1 Å². The van der Waals surface area contributed by atoms with Crippen molar-refractivity contribution in [2.24, 2.45) is 0 Å². The maximum Gasteiger partial charge on any atom is 0.260 e.